The number of hydrogen-bond acceptors (Lipinski definition) is 4. The zero-order valence-corrected chi connectivity index (χ0v) is 16.9. The number of rotatable bonds is 6. The number of para-hydroxylation sites is 1. The Morgan fingerprint density at radius 3 is 2.19 bits per heavy atom. The molecular weight excluding hydrogens is 462 g/mol. The van der Waals surface area contributed by atoms with Crippen LogP contribution in [0.15, 0.2) is 59.5 Å². The van der Waals surface area contributed by atoms with Gasteiger partial charge >= 0.3 is 6.36 Å². The van der Waals surface area contributed by atoms with Crippen molar-refractivity contribution in [1.29, 1.82) is 0 Å². The van der Waals surface area contributed by atoms with Crippen molar-refractivity contribution >= 4 is 27.1 Å². The van der Waals surface area contributed by atoms with Crippen molar-refractivity contribution in [2.75, 3.05) is 10.0 Å². The summed E-state index contributed by atoms with van der Waals surface area (Å²) in [4.78, 5) is -0.908. The Morgan fingerprint density at radius 2 is 1.53 bits per heavy atom. The van der Waals surface area contributed by atoms with E-state index in [1.807, 2.05) is 4.72 Å². The second-order valence-corrected chi connectivity index (χ2v) is 8.14. The van der Waals surface area contributed by atoms with Crippen molar-refractivity contribution in [3.63, 3.8) is 0 Å². The van der Waals surface area contributed by atoms with E-state index in [-0.39, 0.29) is 5.69 Å². The molecule has 0 saturated heterocycles. The first-order valence-corrected chi connectivity index (χ1v) is 10.2. The Kier molecular flexibility index (Phi) is 6.26. The molecule has 0 amide bonds. The molecule has 0 fully saturated rings. The maximum Gasteiger partial charge on any atom is 0.573 e. The van der Waals surface area contributed by atoms with Crippen LogP contribution in [0.5, 0.6) is 5.75 Å². The van der Waals surface area contributed by atoms with E-state index in [0.29, 0.717) is 11.6 Å². The van der Waals surface area contributed by atoms with E-state index in [9.17, 15) is 34.8 Å². The summed E-state index contributed by atoms with van der Waals surface area (Å²) in [7, 11) is -4.78. The van der Waals surface area contributed by atoms with E-state index < -0.39 is 55.9 Å². The van der Waals surface area contributed by atoms with Gasteiger partial charge in [0.15, 0.2) is 11.6 Å². The van der Waals surface area contributed by atoms with Gasteiger partial charge in [0.1, 0.15) is 22.1 Å². The zero-order valence-electron chi connectivity index (χ0n) is 16.1. The highest BCUT2D eigenvalue weighted by atomic mass is 32.2. The minimum Gasteiger partial charge on any atom is -0.404 e. The molecule has 0 aromatic heterocycles. The summed E-state index contributed by atoms with van der Waals surface area (Å²) in [5.41, 5.74) is -1.10. The van der Waals surface area contributed by atoms with Gasteiger partial charge in [0.25, 0.3) is 10.0 Å². The molecule has 12 heteroatoms. The van der Waals surface area contributed by atoms with Gasteiger partial charge in [-0.2, -0.15) is 0 Å². The fourth-order valence-electron chi connectivity index (χ4n) is 2.69. The summed E-state index contributed by atoms with van der Waals surface area (Å²) in [5.74, 6) is -4.77. The van der Waals surface area contributed by atoms with Gasteiger partial charge < -0.3 is 10.1 Å². The molecule has 0 spiro atoms. The SMILES string of the molecule is Cc1ccc(Nc2c(NS(=O)(=O)c3ccccc3OC(F)(F)F)ccc(F)c2F)c(F)c1. The van der Waals surface area contributed by atoms with Gasteiger partial charge in [-0.1, -0.05) is 18.2 Å². The lowest BCUT2D eigenvalue weighted by molar-refractivity contribution is -0.275. The summed E-state index contributed by atoms with van der Waals surface area (Å²) < 4.78 is 111. The van der Waals surface area contributed by atoms with Gasteiger partial charge in [-0.25, -0.2) is 21.6 Å². The summed E-state index contributed by atoms with van der Waals surface area (Å²) >= 11 is 0. The van der Waals surface area contributed by atoms with E-state index in [1.165, 1.54) is 12.1 Å². The van der Waals surface area contributed by atoms with Crippen molar-refractivity contribution in [1.82, 2.24) is 0 Å². The smallest absolute Gasteiger partial charge is 0.404 e. The molecule has 3 aromatic carbocycles. The number of alkyl halides is 3. The van der Waals surface area contributed by atoms with Crippen LogP contribution in [-0.4, -0.2) is 14.8 Å². The van der Waals surface area contributed by atoms with Crippen LogP contribution in [-0.2, 0) is 10.0 Å². The highest BCUT2D eigenvalue weighted by Crippen LogP contribution is 2.35. The third-order valence-electron chi connectivity index (χ3n) is 4.09. The molecule has 32 heavy (non-hydrogen) atoms. The Labute approximate surface area is 178 Å². The van der Waals surface area contributed by atoms with E-state index in [0.717, 1.165) is 36.4 Å². The van der Waals surface area contributed by atoms with Crippen LogP contribution >= 0.6 is 0 Å². The standard InChI is InChI=1S/C20H14F6N2O3S/c1-11-6-8-14(13(22)10-11)27-19-15(9-7-12(21)18(19)23)28-32(29,30)17-5-3-2-4-16(17)31-20(24,25)26/h2-10,27-28H,1H3. The molecule has 2 N–H and O–H groups in total. The van der Waals surface area contributed by atoms with Crippen LogP contribution in [0.25, 0.3) is 0 Å². The summed E-state index contributed by atoms with van der Waals surface area (Å²) in [5, 5.41) is 2.28. The molecule has 170 valence electrons. The Bertz CT molecular complexity index is 1260. The maximum absolute atomic E-state index is 14.5. The van der Waals surface area contributed by atoms with E-state index >= 15 is 0 Å². The molecule has 0 aliphatic rings. The van der Waals surface area contributed by atoms with Crippen molar-refractivity contribution in [2.24, 2.45) is 0 Å². The molecular formula is C20H14F6N2O3S. The van der Waals surface area contributed by atoms with Gasteiger partial charge in [0.05, 0.1) is 11.4 Å². The summed E-state index contributed by atoms with van der Waals surface area (Å²) in [6.07, 6.45) is -5.18. The van der Waals surface area contributed by atoms with Crippen molar-refractivity contribution in [3.05, 3.63) is 77.6 Å². The van der Waals surface area contributed by atoms with Crippen LogP contribution in [0.4, 0.5) is 43.4 Å². The number of sulfonamides is 1. The largest absolute Gasteiger partial charge is 0.573 e. The van der Waals surface area contributed by atoms with Gasteiger partial charge in [-0.15, -0.1) is 13.2 Å². The number of halogens is 6. The van der Waals surface area contributed by atoms with E-state index in [2.05, 4.69) is 10.1 Å². The molecule has 3 aromatic rings. The molecule has 0 aliphatic heterocycles. The summed E-state index contributed by atoms with van der Waals surface area (Å²) in [6.45, 7) is 1.59. The van der Waals surface area contributed by atoms with E-state index in [1.54, 1.807) is 6.92 Å². The molecule has 0 unspecified atom stereocenters. The third-order valence-corrected chi connectivity index (χ3v) is 5.49. The van der Waals surface area contributed by atoms with Gasteiger partial charge in [0, 0.05) is 0 Å². The minimum absolute atomic E-state index is 0.290. The number of ether oxygens (including phenoxy) is 1. The number of aryl methyl sites for hydroxylation is 1. The van der Waals surface area contributed by atoms with Crippen LogP contribution < -0.4 is 14.8 Å². The van der Waals surface area contributed by atoms with Crippen molar-refractivity contribution in [2.45, 2.75) is 18.2 Å². The third kappa shape index (κ3) is 5.25. The first kappa shape index (κ1) is 23.3. The zero-order chi connectivity index (χ0) is 23.7. The second-order valence-electron chi connectivity index (χ2n) is 6.49. The lowest BCUT2D eigenvalue weighted by Crippen LogP contribution is -2.21. The van der Waals surface area contributed by atoms with Crippen LogP contribution in [0.2, 0.25) is 0 Å². The lowest BCUT2D eigenvalue weighted by Gasteiger charge is -2.18. The predicted octanol–water partition coefficient (Wildman–Crippen LogP) is 5.86. The monoisotopic (exact) mass is 476 g/mol. The fourth-order valence-corrected chi connectivity index (χ4v) is 3.90. The quantitative estimate of drug-likeness (QED) is 0.438. The molecule has 0 heterocycles. The van der Waals surface area contributed by atoms with Gasteiger partial charge in [-0.05, 0) is 48.9 Å². The average Bonchev–Trinajstić information content (AvgIpc) is 2.68. The minimum atomic E-state index is -5.18. The fraction of sp³-hybridized carbons (Fsp3) is 0.100. The molecule has 0 saturated carbocycles. The first-order valence-electron chi connectivity index (χ1n) is 8.76. The molecule has 0 atom stereocenters. The Balaban J connectivity index is 2.04. The molecule has 0 bridgehead atoms. The summed E-state index contributed by atoms with van der Waals surface area (Å²) in [6, 6.07) is 9.09. The Morgan fingerprint density at radius 1 is 0.875 bits per heavy atom. The first-order chi connectivity index (χ1) is 14.9. The highest BCUT2D eigenvalue weighted by Gasteiger charge is 2.34. The highest BCUT2D eigenvalue weighted by molar-refractivity contribution is 7.92. The van der Waals surface area contributed by atoms with Crippen molar-refractivity contribution in [3.8, 4) is 5.75 Å². The van der Waals surface area contributed by atoms with Gasteiger partial charge in [0.2, 0.25) is 0 Å². The maximum atomic E-state index is 14.5. The number of hydrogen-bond donors (Lipinski definition) is 2. The van der Waals surface area contributed by atoms with Gasteiger partial charge in [-0.3, -0.25) is 4.72 Å². The Hall–Kier alpha value is -3.41. The molecule has 3 rings (SSSR count). The molecule has 5 nitrogen and oxygen atoms in total. The second kappa shape index (κ2) is 8.61. The lowest BCUT2D eigenvalue weighted by atomic mass is 10.2. The predicted molar refractivity (Wildman–Crippen MR) is 105 cm³/mol. The number of benzene rings is 3. The van der Waals surface area contributed by atoms with Crippen molar-refractivity contribution < 1.29 is 39.5 Å². The average molecular weight is 476 g/mol. The van der Waals surface area contributed by atoms with E-state index in [4.69, 9.17) is 0 Å². The number of anilines is 3. The van der Waals surface area contributed by atoms with Crippen LogP contribution in [0.3, 0.4) is 0 Å². The van der Waals surface area contributed by atoms with Crippen LogP contribution in [0.1, 0.15) is 5.56 Å². The normalized spacial score (nSPS) is 11.8. The topological polar surface area (TPSA) is 67.4 Å². The van der Waals surface area contributed by atoms with Crippen LogP contribution in [0, 0.1) is 24.4 Å². The molecule has 0 aliphatic carbocycles. The number of nitrogens with one attached hydrogen (secondary N) is 2. The molecule has 0 radical (unpaired) electrons.